The Morgan fingerprint density at radius 1 is 1.27 bits per heavy atom. The fourth-order valence-electron chi connectivity index (χ4n) is 2.73. The number of para-hydroxylation sites is 1. The number of benzene rings is 1. The van der Waals surface area contributed by atoms with Gasteiger partial charge in [0.1, 0.15) is 11.9 Å². The van der Waals surface area contributed by atoms with Crippen LogP contribution in [0.15, 0.2) is 30.3 Å². The first-order chi connectivity index (χ1) is 10.1. The number of nitrogens with two attached hydrogens (primary N) is 1. The topological polar surface area (TPSA) is 55.6 Å². The molecule has 1 heterocycles. The molecule has 1 aromatic carbocycles. The van der Waals surface area contributed by atoms with Gasteiger partial charge in [-0.3, -0.25) is 4.79 Å². The van der Waals surface area contributed by atoms with Gasteiger partial charge in [-0.05, 0) is 24.5 Å². The van der Waals surface area contributed by atoms with E-state index in [1.54, 1.807) is 0 Å². The largest absolute Gasteiger partial charge is 0.490 e. The summed E-state index contributed by atoms with van der Waals surface area (Å²) < 4.78 is 5.94. The lowest BCUT2D eigenvalue weighted by Gasteiger charge is -2.33. The second-order valence-corrected chi connectivity index (χ2v) is 6.19. The lowest BCUT2D eigenvalue weighted by atomic mass is 10.0. The van der Waals surface area contributed by atoms with Crippen molar-refractivity contribution in [2.24, 2.45) is 11.7 Å². The molecule has 0 aromatic heterocycles. The van der Waals surface area contributed by atoms with Crippen LogP contribution in [0.5, 0.6) is 5.75 Å². The number of carbonyl (C=O) groups is 1. The second-order valence-electron chi connectivity index (χ2n) is 6.19. The van der Waals surface area contributed by atoms with Crippen LogP contribution >= 0.6 is 12.4 Å². The highest BCUT2D eigenvalue weighted by atomic mass is 35.5. The average Bonchev–Trinajstić information content (AvgIpc) is 2.47. The Morgan fingerprint density at radius 3 is 2.41 bits per heavy atom. The third kappa shape index (κ3) is 5.50. The van der Waals surface area contributed by atoms with Gasteiger partial charge in [-0.1, -0.05) is 32.0 Å². The molecule has 1 amide bonds. The third-order valence-electron chi connectivity index (χ3n) is 3.84. The van der Waals surface area contributed by atoms with Crippen LogP contribution in [0.1, 0.15) is 33.1 Å². The predicted octanol–water partition coefficient (Wildman–Crippen LogP) is 2.85. The Bertz CT molecular complexity index is 445. The molecule has 1 aromatic rings. The predicted molar refractivity (Wildman–Crippen MR) is 91.4 cm³/mol. The molecule has 1 fully saturated rings. The number of likely N-dealkylation sites (tertiary alicyclic amines) is 1. The van der Waals surface area contributed by atoms with Crippen molar-refractivity contribution in [1.82, 2.24) is 4.90 Å². The molecule has 0 unspecified atom stereocenters. The zero-order chi connectivity index (χ0) is 15.2. The van der Waals surface area contributed by atoms with Gasteiger partial charge in [0.15, 0.2) is 0 Å². The van der Waals surface area contributed by atoms with Gasteiger partial charge in [0.25, 0.3) is 0 Å². The molecule has 0 bridgehead atoms. The van der Waals surface area contributed by atoms with Crippen molar-refractivity contribution in [3.63, 3.8) is 0 Å². The molecule has 2 rings (SSSR count). The van der Waals surface area contributed by atoms with Crippen molar-refractivity contribution >= 4 is 18.3 Å². The standard InChI is InChI=1S/C17H26N2O2.ClH/c1-13(2)12-16(18)17(20)19-10-8-15(9-11-19)21-14-6-4-3-5-7-14;/h3-7,13,15-16H,8-12,18H2,1-2H3;1H/t16-;/m0./s1. The normalized spacial score (nSPS) is 17.0. The summed E-state index contributed by atoms with van der Waals surface area (Å²) in [6, 6.07) is 9.49. The van der Waals surface area contributed by atoms with E-state index in [0.717, 1.165) is 38.1 Å². The molecule has 0 aliphatic carbocycles. The van der Waals surface area contributed by atoms with Gasteiger partial charge < -0.3 is 15.4 Å². The number of piperidine rings is 1. The molecular weight excluding hydrogens is 300 g/mol. The average molecular weight is 327 g/mol. The van der Waals surface area contributed by atoms with E-state index in [-0.39, 0.29) is 30.5 Å². The molecule has 124 valence electrons. The summed E-state index contributed by atoms with van der Waals surface area (Å²) in [5.41, 5.74) is 5.98. The monoisotopic (exact) mass is 326 g/mol. The Kier molecular flexibility index (Phi) is 7.69. The summed E-state index contributed by atoms with van der Waals surface area (Å²) >= 11 is 0. The van der Waals surface area contributed by atoms with Gasteiger partial charge in [-0.2, -0.15) is 0 Å². The molecule has 2 N–H and O–H groups in total. The maximum Gasteiger partial charge on any atom is 0.239 e. The van der Waals surface area contributed by atoms with Crippen molar-refractivity contribution in [3.05, 3.63) is 30.3 Å². The van der Waals surface area contributed by atoms with Crippen LogP contribution in [-0.4, -0.2) is 36.0 Å². The summed E-state index contributed by atoms with van der Waals surface area (Å²) in [4.78, 5) is 14.1. The molecule has 0 saturated carbocycles. The van der Waals surface area contributed by atoms with Crippen molar-refractivity contribution in [1.29, 1.82) is 0 Å². The number of hydrogen-bond acceptors (Lipinski definition) is 3. The summed E-state index contributed by atoms with van der Waals surface area (Å²) in [6.07, 6.45) is 2.68. The van der Waals surface area contributed by atoms with Gasteiger partial charge in [0, 0.05) is 25.9 Å². The van der Waals surface area contributed by atoms with Gasteiger partial charge in [0.05, 0.1) is 6.04 Å². The number of ether oxygens (including phenoxy) is 1. The van der Waals surface area contributed by atoms with E-state index in [1.807, 2.05) is 35.2 Å². The molecule has 0 spiro atoms. The summed E-state index contributed by atoms with van der Waals surface area (Å²) in [7, 11) is 0. The molecule has 1 saturated heterocycles. The Hall–Kier alpha value is -1.26. The number of halogens is 1. The zero-order valence-corrected chi connectivity index (χ0v) is 14.2. The van der Waals surface area contributed by atoms with Crippen molar-refractivity contribution < 1.29 is 9.53 Å². The van der Waals surface area contributed by atoms with Crippen LogP contribution in [0.4, 0.5) is 0 Å². The van der Waals surface area contributed by atoms with Crippen molar-refractivity contribution in [3.8, 4) is 5.75 Å². The zero-order valence-electron chi connectivity index (χ0n) is 13.4. The van der Waals surface area contributed by atoms with Gasteiger partial charge in [-0.15, -0.1) is 12.4 Å². The van der Waals surface area contributed by atoms with E-state index in [1.165, 1.54) is 0 Å². The second kappa shape index (κ2) is 9.01. The van der Waals surface area contributed by atoms with Crippen molar-refractivity contribution in [2.75, 3.05) is 13.1 Å². The van der Waals surface area contributed by atoms with Crippen LogP contribution in [0.25, 0.3) is 0 Å². The van der Waals surface area contributed by atoms with Gasteiger partial charge in [-0.25, -0.2) is 0 Å². The molecule has 22 heavy (non-hydrogen) atoms. The highest BCUT2D eigenvalue weighted by Gasteiger charge is 2.27. The quantitative estimate of drug-likeness (QED) is 0.905. The number of rotatable bonds is 5. The Morgan fingerprint density at radius 2 is 1.86 bits per heavy atom. The van der Waals surface area contributed by atoms with Crippen LogP contribution < -0.4 is 10.5 Å². The van der Waals surface area contributed by atoms with Gasteiger partial charge >= 0.3 is 0 Å². The third-order valence-corrected chi connectivity index (χ3v) is 3.84. The number of carbonyl (C=O) groups excluding carboxylic acids is 1. The Labute approximate surface area is 139 Å². The van der Waals surface area contributed by atoms with Crippen molar-refractivity contribution in [2.45, 2.75) is 45.3 Å². The molecule has 1 aliphatic heterocycles. The fourth-order valence-corrected chi connectivity index (χ4v) is 2.73. The maximum atomic E-state index is 12.3. The molecule has 1 aliphatic rings. The van der Waals surface area contributed by atoms with E-state index in [4.69, 9.17) is 10.5 Å². The van der Waals surface area contributed by atoms with E-state index in [2.05, 4.69) is 13.8 Å². The van der Waals surface area contributed by atoms with E-state index in [0.29, 0.717) is 5.92 Å². The van der Waals surface area contributed by atoms with Crippen LogP contribution in [0.3, 0.4) is 0 Å². The minimum Gasteiger partial charge on any atom is -0.490 e. The minimum atomic E-state index is -0.364. The van der Waals surface area contributed by atoms with Crippen LogP contribution in [-0.2, 0) is 4.79 Å². The number of hydrogen-bond donors (Lipinski definition) is 1. The first-order valence-electron chi connectivity index (χ1n) is 7.82. The lowest BCUT2D eigenvalue weighted by Crippen LogP contribution is -2.49. The number of nitrogens with zero attached hydrogens (tertiary/aromatic N) is 1. The lowest BCUT2D eigenvalue weighted by molar-refractivity contribution is -0.134. The van der Waals surface area contributed by atoms with Crippen LogP contribution in [0.2, 0.25) is 0 Å². The Balaban J connectivity index is 0.00000242. The molecule has 0 radical (unpaired) electrons. The van der Waals surface area contributed by atoms with E-state index >= 15 is 0 Å². The summed E-state index contributed by atoms with van der Waals surface area (Å²) in [5.74, 6) is 1.43. The van der Waals surface area contributed by atoms with Gasteiger partial charge in [0.2, 0.25) is 5.91 Å². The number of amides is 1. The summed E-state index contributed by atoms with van der Waals surface area (Å²) in [5, 5.41) is 0. The highest BCUT2D eigenvalue weighted by molar-refractivity contribution is 5.85. The first kappa shape index (κ1) is 18.8. The molecular formula is C17H27ClN2O2. The molecule has 4 nitrogen and oxygen atoms in total. The first-order valence-corrected chi connectivity index (χ1v) is 7.82. The van der Waals surface area contributed by atoms with Crippen LogP contribution in [0, 0.1) is 5.92 Å². The summed E-state index contributed by atoms with van der Waals surface area (Å²) in [6.45, 7) is 5.66. The molecule has 5 heteroatoms. The fraction of sp³-hybridized carbons (Fsp3) is 0.588. The molecule has 1 atom stereocenters. The maximum absolute atomic E-state index is 12.3. The van der Waals surface area contributed by atoms with E-state index < -0.39 is 0 Å². The SMILES string of the molecule is CC(C)C[C@H](N)C(=O)N1CCC(Oc2ccccc2)CC1.Cl. The highest BCUT2D eigenvalue weighted by Crippen LogP contribution is 2.19. The minimum absolute atomic E-state index is 0. The smallest absolute Gasteiger partial charge is 0.239 e. The van der Waals surface area contributed by atoms with E-state index in [9.17, 15) is 4.79 Å².